The van der Waals surface area contributed by atoms with E-state index in [0.717, 1.165) is 16.8 Å². The van der Waals surface area contributed by atoms with Crippen LogP contribution in [0, 0.1) is 0 Å². The molecule has 7 nitrogen and oxygen atoms in total. The van der Waals surface area contributed by atoms with Crippen LogP contribution in [0.15, 0.2) is 97.3 Å². The van der Waals surface area contributed by atoms with Crippen LogP contribution in [0.25, 0.3) is 0 Å². The molecule has 0 spiro atoms. The van der Waals surface area contributed by atoms with Gasteiger partial charge in [0.15, 0.2) is 11.5 Å². The van der Waals surface area contributed by atoms with Crippen molar-refractivity contribution < 1.29 is 19.1 Å². The average molecular weight is 482 g/mol. The summed E-state index contributed by atoms with van der Waals surface area (Å²) in [6.07, 6.45) is 3.45. The Morgan fingerprint density at radius 3 is 2.36 bits per heavy atom. The van der Waals surface area contributed by atoms with Crippen molar-refractivity contribution in [1.29, 1.82) is 0 Å². The lowest BCUT2D eigenvalue weighted by Gasteiger charge is -2.14. The Kier molecular flexibility index (Phi) is 8.27. The number of ether oxygens (including phenoxy) is 2. The van der Waals surface area contributed by atoms with Gasteiger partial charge in [-0.2, -0.15) is 0 Å². The summed E-state index contributed by atoms with van der Waals surface area (Å²) in [5, 5.41) is 5.77. The molecule has 0 unspecified atom stereocenters. The molecule has 7 heteroatoms. The lowest BCUT2D eigenvalue weighted by atomic mass is 10.1. The lowest BCUT2D eigenvalue weighted by molar-refractivity contribution is 0.0950. The second-order valence-electron chi connectivity index (χ2n) is 7.95. The third kappa shape index (κ3) is 6.70. The highest BCUT2D eigenvalue weighted by Gasteiger charge is 2.13. The smallest absolute Gasteiger partial charge is 0.255 e. The Bertz CT molecular complexity index is 1310. The first-order valence-corrected chi connectivity index (χ1v) is 11.6. The van der Waals surface area contributed by atoms with Crippen LogP contribution >= 0.6 is 0 Å². The van der Waals surface area contributed by atoms with Gasteiger partial charge in [-0.25, -0.2) is 0 Å². The summed E-state index contributed by atoms with van der Waals surface area (Å²) < 4.78 is 11.6. The molecule has 0 saturated heterocycles. The van der Waals surface area contributed by atoms with Gasteiger partial charge in [0.1, 0.15) is 6.61 Å². The molecule has 2 N–H and O–H groups in total. The zero-order valence-electron chi connectivity index (χ0n) is 19.9. The summed E-state index contributed by atoms with van der Waals surface area (Å²) in [5.41, 5.74) is 3.43. The van der Waals surface area contributed by atoms with E-state index in [1.54, 1.807) is 48.8 Å². The molecular weight excluding hydrogens is 454 g/mol. The minimum absolute atomic E-state index is 0.211. The number of carbonyl (C=O) groups excluding carboxylic acids is 2. The largest absolute Gasteiger partial charge is 0.490 e. The molecule has 4 aromatic rings. The Labute approximate surface area is 210 Å². The van der Waals surface area contributed by atoms with Crippen molar-refractivity contribution in [2.45, 2.75) is 20.1 Å². The predicted octanol–water partition coefficient (Wildman–Crippen LogP) is 5.24. The van der Waals surface area contributed by atoms with Crippen LogP contribution in [-0.2, 0) is 13.2 Å². The zero-order chi connectivity index (χ0) is 25.2. The predicted molar refractivity (Wildman–Crippen MR) is 138 cm³/mol. The van der Waals surface area contributed by atoms with Gasteiger partial charge in [0.2, 0.25) is 0 Å². The van der Waals surface area contributed by atoms with Crippen molar-refractivity contribution in [2.75, 3.05) is 11.9 Å². The third-order valence-corrected chi connectivity index (χ3v) is 5.30. The molecule has 4 rings (SSSR count). The van der Waals surface area contributed by atoms with Crippen molar-refractivity contribution in [1.82, 2.24) is 10.3 Å². The SMILES string of the molecule is CCOc1cc(C(=O)NCc2cccc(C(=O)Nc3ccccc3)c2)ccc1OCc1cccnc1. The van der Waals surface area contributed by atoms with Crippen LogP contribution in [0.4, 0.5) is 5.69 Å². The average Bonchev–Trinajstić information content (AvgIpc) is 2.92. The van der Waals surface area contributed by atoms with E-state index in [1.165, 1.54) is 0 Å². The van der Waals surface area contributed by atoms with Crippen LogP contribution in [0.1, 0.15) is 38.8 Å². The molecule has 1 heterocycles. The number of anilines is 1. The molecule has 1 aromatic heterocycles. The number of carbonyl (C=O) groups is 2. The van der Waals surface area contributed by atoms with Gasteiger partial charge < -0.3 is 20.1 Å². The molecule has 0 aliphatic carbocycles. The van der Waals surface area contributed by atoms with Gasteiger partial charge in [-0.3, -0.25) is 14.6 Å². The van der Waals surface area contributed by atoms with E-state index in [4.69, 9.17) is 9.47 Å². The maximum absolute atomic E-state index is 12.8. The van der Waals surface area contributed by atoms with Crippen molar-refractivity contribution in [3.63, 3.8) is 0 Å². The molecule has 0 aliphatic heterocycles. The van der Waals surface area contributed by atoms with Crippen LogP contribution in [0.5, 0.6) is 11.5 Å². The molecule has 0 bridgehead atoms. The van der Waals surface area contributed by atoms with E-state index in [2.05, 4.69) is 15.6 Å². The fourth-order valence-corrected chi connectivity index (χ4v) is 3.51. The topological polar surface area (TPSA) is 89.5 Å². The van der Waals surface area contributed by atoms with Crippen molar-refractivity contribution in [3.8, 4) is 11.5 Å². The summed E-state index contributed by atoms with van der Waals surface area (Å²) >= 11 is 0. The van der Waals surface area contributed by atoms with E-state index >= 15 is 0 Å². The Hall–Kier alpha value is -4.65. The molecule has 0 saturated carbocycles. The quantitative estimate of drug-likeness (QED) is 0.323. The lowest BCUT2D eigenvalue weighted by Crippen LogP contribution is -2.23. The van der Waals surface area contributed by atoms with Crippen molar-refractivity contribution in [3.05, 3.63) is 120 Å². The first kappa shape index (κ1) is 24.5. The van der Waals surface area contributed by atoms with Crippen molar-refractivity contribution in [2.24, 2.45) is 0 Å². The number of nitrogens with zero attached hydrogens (tertiary/aromatic N) is 1. The van der Waals surface area contributed by atoms with E-state index in [9.17, 15) is 9.59 Å². The summed E-state index contributed by atoms with van der Waals surface area (Å²) in [6, 6.07) is 25.3. The molecule has 0 aliphatic rings. The number of aromatic nitrogens is 1. The first-order valence-electron chi connectivity index (χ1n) is 11.6. The highest BCUT2D eigenvalue weighted by molar-refractivity contribution is 6.04. The van der Waals surface area contributed by atoms with Crippen molar-refractivity contribution >= 4 is 17.5 Å². The zero-order valence-corrected chi connectivity index (χ0v) is 19.9. The van der Waals surface area contributed by atoms with E-state index in [-0.39, 0.29) is 18.4 Å². The number of amides is 2. The molecule has 3 aromatic carbocycles. The van der Waals surface area contributed by atoms with Gasteiger partial charge in [-0.05, 0) is 61.0 Å². The fraction of sp³-hybridized carbons (Fsp3) is 0.138. The van der Waals surface area contributed by atoms with Gasteiger partial charge in [0.25, 0.3) is 11.8 Å². The number of hydrogen-bond donors (Lipinski definition) is 2. The highest BCUT2D eigenvalue weighted by Crippen LogP contribution is 2.29. The van der Waals surface area contributed by atoms with Crippen LogP contribution < -0.4 is 20.1 Å². The number of benzene rings is 3. The summed E-state index contributed by atoms with van der Waals surface area (Å²) in [6.45, 7) is 2.92. The van der Waals surface area contributed by atoms with Gasteiger partial charge in [-0.15, -0.1) is 0 Å². The number of pyridine rings is 1. The molecule has 36 heavy (non-hydrogen) atoms. The monoisotopic (exact) mass is 481 g/mol. The Morgan fingerprint density at radius 2 is 1.58 bits per heavy atom. The molecule has 182 valence electrons. The van der Waals surface area contributed by atoms with E-state index in [0.29, 0.717) is 35.8 Å². The molecule has 0 atom stereocenters. The van der Waals surface area contributed by atoms with Gasteiger partial charge in [0.05, 0.1) is 6.61 Å². The van der Waals surface area contributed by atoms with E-state index < -0.39 is 0 Å². The summed E-state index contributed by atoms with van der Waals surface area (Å²) in [7, 11) is 0. The third-order valence-electron chi connectivity index (χ3n) is 5.30. The maximum atomic E-state index is 12.8. The highest BCUT2D eigenvalue weighted by atomic mass is 16.5. The van der Waals surface area contributed by atoms with Gasteiger partial charge in [-0.1, -0.05) is 36.4 Å². The second-order valence-corrected chi connectivity index (χ2v) is 7.95. The van der Waals surface area contributed by atoms with E-state index in [1.807, 2.05) is 55.5 Å². The second kappa shape index (κ2) is 12.2. The Morgan fingerprint density at radius 1 is 0.778 bits per heavy atom. The van der Waals surface area contributed by atoms with Crippen LogP contribution in [-0.4, -0.2) is 23.4 Å². The van der Waals surface area contributed by atoms with Crippen LogP contribution in [0.3, 0.4) is 0 Å². The minimum Gasteiger partial charge on any atom is -0.490 e. The maximum Gasteiger partial charge on any atom is 0.255 e. The molecular formula is C29H27N3O4. The fourth-order valence-electron chi connectivity index (χ4n) is 3.51. The summed E-state index contributed by atoms with van der Waals surface area (Å²) in [4.78, 5) is 29.5. The van der Waals surface area contributed by atoms with Gasteiger partial charge in [0, 0.05) is 41.3 Å². The standard InChI is InChI=1S/C29H27N3O4/c1-2-35-27-17-24(13-14-26(27)36-20-22-9-7-15-30-18-22)28(33)31-19-21-8-6-10-23(16-21)29(34)32-25-11-4-3-5-12-25/h3-18H,2,19-20H2,1H3,(H,31,33)(H,32,34). The molecule has 2 amide bonds. The number of nitrogens with one attached hydrogen (secondary N) is 2. The minimum atomic E-state index is -0.256. The van der Waals surface area contributed by atoms with Crippen LogP contribution in [0.2, 0.25) is 0 Å². The normalized spacial score (nSPS) is 10.4. The summed E-state index contributed by atoms with van der Waals surface area (Å²) in [5.74, 6) is 0.578. The number of rotatable bonds is 10. The molecule has 0 radical (unpaired) electrons. The Balaban J connectivity index is 1.38. The number of hydrogen-bond acceptors (Lipinski definition) is 5. The first-order chi connectivity index (χ1) is 17.6. The van der Waals surface area contributed by atoms with Gasteiger partial charge >= 0.3 is 0 Å². The number of para-hydroxylation sites is 1. The molecule has 0 fully saturated rings.